The summed E-state index contributed by atoms with van der Waals surface area (Å²) in [6, 6.07) is 8.74. The molecule has 0 bridgehead atoms. The minimum absolute atomic E-state index is 0.911. The Balaban J connectivity index is 2.34. The number of anilines is 1. The average molecular weight is 215 g/mol. The van der Waals surface area contributed by atoms with Crippen LogP contribution in [0.15, 0.2) is 24.3 Å². The molecule has 1 N–H and O–H groups in total. The average Bonchev–Trinajstić information content (AvgIpc) is 2.33. The van der Waals surface area contributed by atoms with E-state index in [0.29, 0.717) is 0 Å². The number of hydrogen-bond donors (Lipinski definition) is 1. The van der Waals surface area contributed by atoms with Gasteiger partial charge in [0.2, 0.25) is 0 Å². The summed E-state index contributed by atoms with van der Waals surface area (Å²) in [5.74, 6) is 5.94. The third-order valence-corrected chi connectivity index (χ3v) is 2.53. The van der Waals surface area contributed by atoms with Crippen molar-refractivity contribution in [1.29, 1.82) is 0 Å². The van der Waals surface area contributed by atoms with E-state index in [1.807, 2.05) is 6.92 Å². The van der Waals surface area contributed by atoms with E-state index in [1.54, 1.807) is 0 Å². The van der Waals surface area contributed by atoms with Gasteiger partial charge in [0, 0.05) is 18.7 Å². The maximum absolute atomic E-state index is 3.36. The molecule has 0 radical (unpaired) electrons. The molecule has 0 unspecified atom stereocenters. The molecule has 1 aromatic rings. The second kappa shape index (κ2) is 7.82. The van der Waals surface area contributed by atoms with E-state index in [2.05, 4.69) is 48.3 Å². The van der Waals surface area contributed by atoms with Gasteiger partial charge in [-0.05, 0) is 37.5 Å². The molecule has 0 amide bonds. The molecule has 0 heterocycles. The number of nitrogens with one attached hydrogen (secondary N) is 1. The Hall–Kier alpha value is -1.42. The van der Waals surface area contributed by atoms with Crippen LogP contribution < -0.4 is 5.32 Å². The Labute approximate surface area is 99.3 Å². The minimum Gasteiger partial charge on any atom is -0.384 e. The molecule has 0 aromatic heterocycles. The molecule has 0 saturated carbocycles. The maximum atomic E-state index is 3.36. The lowest BCUT2D eigenvalue weighted by atomic mass is 10.1. The standard InChI is InChI=1S/C15H21N/c1-3-5-7-13-16-15-11-9-14(10-12-15)8-6-4-2/h9-12,16H,4,6-8,13H2,1-2H3. The van der Waals surface area contributed by atoms with Crippen LogP contribution in [-0.2, 0) is 6.42 Å². The lowest BCUT2D eigenvalue weighted by molar-refractivity contribution is 0.795. The van der Waals surface area contributed by atoms with Crippen molar-refractivity contribution >= 4 is 5.69 Å². The van der Waals surface area contributed by atoms with Crippen molar-refractivity contribution < 1.29 is 0 Å². The number of hydrogen-bond acceptors (Lipinski definition) is 1. The van der Waals surface area contributed by atoms with Crippen LogP contribution in [0.1, 0.15) is 38.7 Å². The largest absolute Gasteiger partial charge is 0.384 e. The summed E-state index contributed by atoms with van der Waals surface area (Å²) in [5.41, 5.74) is 2.62. The molecule has 1 heteroatoms. The molecule has 1 rings (SSSR count). The van der Waals surface area contributed by atoms with E-state index in [1.165, 1.54) is 30.5 Å². The van der Waals surface area contributed by atoms with Crippen LogP contribution in [-0.4, -0.2) is 6.54 Å². The summed E-state index contributed by atoms with van der Waals surface area (Å²) < 4.78 is 0. The third kappa shape index (κ3) is 4.89. The fraction of sp³-hybridized carbons (Fsp3) is 0.467. The fourth-order valence-corrected chi connectivity index (χ4v) is 1.56. The van der Waals surface area contributed by atoms with Gasteiger partial charge in [-0.3, -0.25) is 0 Å². The van der Waals surface area contributed by atoms with Crippen molar-refractivity contribution in [2.24, 2.45) is 0 Å². The van der Waals surface area contributed by atoms with Gasteiger partial charge < -0.3 is 5.32 Å². The molecule has 86 valence electrons. The number of benzene rings is 1. The molecule has 16 heavy (non-hydrogen) atoms. The van der Waals surface area contributed by atoms with Crippen LogP contribution in [0, 0.1) is 11.8 Å². The lowest BCUT2D eigenvalue weighted by Crippen LogP contribution is -2.00. The first-order valence-electron chi connectivity index (χ1n) is 6.09. The molecule has 0 aliphatic heterocycles. The first-order valence-corrected chi connectivity index (χ1v) is 6.09. The van der Waals surface area contributed by atoms with Gasteiger partial charge in [-0.2, -0.15) is 0 Å². The Morgan fingerprint density at radius 3 is 2.56 bits per heavy atom. The number of aryl methyl sites for hydroxylation is 1. The van der Waals surface area contributed by atoms with Gasteiger partial charge in [0.15, 0.2) is 0 Å². The van der Waals surface area contributed by atoms with Gasteiger partial charge >= 0.3 is 0 Å². The summed E-state index contributed by atoms with van der Waals surface area (Å²) in [7, 11) is 0. The smallest absolute Gasteiger partial charge is 0.0340 e. The van der Waals surface area contributed by atoms with Crippen molar-refractivity contribution in [1.82, 2.24) is 0 Å². The molecule has 0 saturated heterocycles. The molecule has 0 atom stereocenters. The highest BCUT2D eigenvalue weighted by atomic mass is 14.9. The summed E-state index contributed by atoms with van der Waals surface area (Å²) in [6.07, 6.45) is 4.64. The highest BCUT2D eigenvalue weighted by molar-refractivity contribution is 5.44. The summed E-state index contributed by atoms with van der Waals surface area (Å²) in [5, 5.41) is 3.36. The van der Waals surface area contributed by atoms with Crippen molar-refractivity contribution in [3.8, 4) is 11.8 Å². The highest BCUT2D eigenvalue weighted by Crippen LogP contribution is 2.11. The Kier molecular flexibility index (Phi) is 6.18. The van der Waals surface area contributed by atoms with Crippen LogP contribution in [0.4, 0.5) is 5.69 Å². The van der Waals surface area contributed by atoms with Gasteiger partial charge in [0.25, 0.3) is 0 Å². The van der Waals surface area contributed by atoms with Crippen LogP contribution >= 0.6 is 0 Å². The first kappa shape index (κ1) is 12.6. The number of rotatable bonds is 6. The molecular formula is C15H21N. The molecule has 1 aromatic carbocycles. The predicted molar refractivity (Wildman–Crippen MR) is 71.6 cm³/mol. The zero-order valence-corrected chi connectivity index (χ0v) is 10.3. The molecular weight excluding hydrogens is 194 g/mol. The van der Waals surface area contributed by atoms with Crippen LogP contribution in [0.2, 0.25) is 0 Å². The van der Waals surface area contributed by atoms with Crippen molar-refractivity contribution in [3.05, 3.63) is 29.8 Å². The van der Waals surface area contributed by atoms with Gasteiger partial charge in [-0.1, -0.05) is 25.5 Å². The monoisotopic (exact) mass is 215 g/mol. The van der Waals surface area contributed by atoms with E-state index in [0.717, 1.165) is 13.0 Å². The van der Waals surface area contributed by atoms with Crippen LogP contribution in [0.5, 0.6) is 0 Å². The molecule has 0 aliphatic carbocycles. The zero-order chi connectivity index (χ0) is 11.6. The fourth-order valence-electron chi connectivity index (χ4n) is 1.56. The third-order valence-electron chi connectivity index (χ3n) is 2.53. The quantitative estimate of drug-likeness (QED) is 0.561. The normalized spacial score (nSPS) is 9.38. The van der Waals surface area contributed by atoms with E-state index < -0.39 is 0 Å². The highest BCUT2D eigenvalue weighted by Gasteiger charge is 1.93. The van der Waals surface area contributed by atoms with E-state index >= 15 is 0 Å². The summed E-state index contributed by atoms with van der Waals surface area (Å²) in [6.45, 7) is 5.03. The summed E-state index contributed by atoms with van der Waals surface area (Å²) >= 11 is 0. The topological polar surface area (TPSA) is 12.0 Å². The van der Waals surface area contributed by atoms with Gasteiger partial charge in [-0.25, -0.2) is 0 Å². The minimum atomic E-state index is 0.911. The van der Waals surface area contributed by atoms with Gasteiger partial charge in [0.1, 0.15) is 0 Å². The molecule has 1 nitrogen and oxygen atoms in total. The van der Waals surface area contributed by atoms with E-state index in [9.17, 15) is 0 Å². The van der Waals surface area contributed by atoms with Crippen molar-refractivity contribution in [3.63, 3.8) is 0 Å². The van der Waals surface area contributed by atoms with E-state index in [4.69, 9.17) is 0 Å². The Bertz CT molecular complexity index is 340. The zero-order valence-electron chi connectivity index (χ0n) is 10.3. The van der Waals surface area contributed by atoms with Crippen molar-refractivity contribution in [2.45, 2.75) is 39.5 Å². The summed E-state index contributed by atoms with van der Waals surface area (Å²) in [4.78, 5) is 0. The van der Waals surface area contributed by atoms with Crippen LogP contribution in [0.25, 0.3) is 0 Å². The Morgan fingerprint density at radius 1 is 1.19 bits per heavy atom. The van der Waals surface area contributed by atoms with E-state index in [-0.39, 0.29) is 0 Å². The molecule has 0 spiro atoms. The SMILES string of the molecule is CC#CCCNc1ccc(CCCC)cc1. The van der Waals surface area contributed by atoms with Gasteiger partial charge in [-0.15, -0.1) is 11.8 Å². The predicted octanol–water partition coefficient (Wildman–Crippen LogP) is 3.85. The second-order valence-corrected chi connectivity index (χ2v) is 3.90. The van der Waals surface area contributed by atoms with Gasteiger partial charge in [0.05, 0.1) is 0 Å². The Morgan fingerprint density at radius 2 is 1.94 bits per heavy atom. The molecule has 0 aliphatic rings. The first-order chi connectivity index (χ1) is 7.86. The maximum Gasteiger partial charge on any atom is 0.0340 e. The van der Waals surface area contributed by atoms with Crippen LogP contribution in [0.3, 0.4) is 0 Å². The second-order valence-electron chi connectivity index (χ2n) is 3.90. The molecule has 0 fully saturated rings. The number of unbranched alkanes of at least 4 members (excludes halogenated alkanes) is 1. The lowest BCUT2D eigenvalue weighted by Gasteiger charge is -2.05. The van der Waals surface area contributed by atoms with Crippen molar-refractivity contribution in [2.75, 3.05) is 11.9 Å².